The second-order valence-electron chi connectivity index (χ2n) is 5.12. The number of halogens is 1. The second-order valence-corrected chi connectivity index (χ2v) is 5.98. The highest BCUT2D eigenvalue weighted by molar-refractivity contribution is 9.10. The van der Waals surface area contributed by atoms with Crippen molar-refractivity contribution in [2.75, 3.05) is 11.4 Å². The molecule has 0 bridgehead atoms. The quantitative estimate of drug-likeness (QED) is 0.903. The minimum absolute atomic E-state index is 0.374. The molecule has 2 rings (SSSR count). The first-order valence-corrected chi connectivity index (χ1v) is 7.08. The van der Waals surface area contributed by atoms with Gasteiger partial charge in [-0.15, -0.1) is 0 Å². The zero-order valence-electron chi connectivity index (χ0n) is 10.7. The van der Waals surface area contributed by atoms with Gasteiger partial charge >= 0.3 is 5.97 Å². The predicted molar refractivity (Wildman–Crippen MR) is 76.3 cm³/mol. The van der Waals surface area contributed by atoms with E-state index in [2.05, 4.69) is 34.7 Å². The maximum Gasteiger partial charge on any atom is 0.338 e. The van der Waals surface area contributed by atoms with Gasteiger partial charge in [-0.2, -0.15) is 0 Å². The molecule has 0 aromatic heterocycles. The van der Waals surface area contributed by atoms with E-state index in [4.69, 9.17) is 0 Å². The lowest BCUT2D eigenvalue weighted by atomic mass is 9.94. The molecule has 1 aromatic rings. The van der Waals surface area contributed by atoms with Crippen LogP contribution in [0.25, 0.3) is 0 Å². The number of piperidine rings is 1. The van der Waals surface area contributed by atoms with Crippen molar-refractivity contribution in [1.29, 1.82) is 0 Å². The number of benzene rings is 1. The van der Waals surface area contributed by atoms with E-state index in [1.807, 2.05) is 12.1 Å². The molecule has 4 heteroatoms. The summed E-state index contributed by atoms with van der Waals surface area (Å²) in [6.45, 7) is 5.31. The van der Waals surface area contributed by atoms with Crippen molar-refractivity contribution in [2.24, 2.45) is 5.92 Å². The molecule has 0 aliphatic carbocycles. The van der Waals surface area contributed by atoms with Crippen molar-refractivity contribution in [3.8, 4) is 0 Å². The summed E-state index contributed by atoms with van der Waals surface area (Å²) in [7, 11) is 0. The maximum atomic E-state index is 11.4. The molecule has 1 aliphatic heterocycles. The van der Waals surface area contributed by atoms with Crippen molar-refractivity contribution in [2.45, 2.75) is 32.7 Å². The van der Waals surface area contributed by atoms with E-state index in [0.717, 1.165) is 18.7 Å². The third-order valence-electron chi connectivity index (χ3n) is 3.63. The molecule has 1 saturated heterocycles. The molecule has 1 heterocycles. The maximum absolute atomic E-state index is 11.4. The van der Waals surface area contributed by atoms with E-state index >= 15 is 0 Å². The number of nitrogens with zero attached hydrogens (tertiary/aromatic N) is 1. The van der Waals surface area contributed by atoms with Crippen molar-refractivity contribution in [3.63, 3.8) is 0 Å². The number of carbonyl (C=O) groups is 1. The number of carboxylic acids is 1. The average molecular weight is 312 g/mol. The first-order chi connectivity index (χ1) is 8.50. The van der Waals surface area contributed by atoms with Gasteiger partial charge in [-0.3, -0.25) is 0 Å². The SMILES string of the molecule is CC1CCC(C)N(c2cccc(Br)c2C(=O)O)C1. The summed E-state index contributed by atoms with van der Waals surface area (Å²) in [5.41, 5.74) is 1.20. The summed E-state index contributed by atoms with van der Waals surface area (Å²) in [5, 5.41) is 9.37. The molecule has 0 radical (unpaired) electrons. The van der Waals surface area contributed by atoms with E-state index < -0.39 is 5.97 Å². The average Bonchev–Trinajstić information content (AvgIpc) is 2.31. The Balaban J connectivity index is 2.43. The van der Waals surface area contributed by atoms with Crippen LogP contribution in [0.2, 0.25) is 0 Å². The van der Waals surface area contributed by atoms with Crippen LogP contribution < -0.4 is 4.90 Å². The van der Waals surface area contributed by atoms with Crippen molar-refractivity contribution >= 4 is 27.6 Å². The van der Waals surface area contributed by atoms with Gasteiger partial charge in [0, 0.05) is 17.1 Å². The second kappa shape index (κ2) is 5.31. The Bertz CT molecular complexity index is 461. The first kappa shape index (κ1) is 13.4. The van der Waals surface area contributed by atoms with Gasteiger partial charge in [0.1, 0.15) is 0 Å². The molecule has 0 amide bonds. The largest absolute Gasteiger partial charge is 0.478 e. The fraction of sp³-hybridized carbons (Fsp3) is 0.500. The first-order valence-electron chi connectivity index (χ1n) is 6.29. The van der Waals surface area contributed by atoms with E-state index in [1.54, 1.807) is 6.07 Å². The van der Waals surface area contributed by atoms with Crippen LogP contribution in [0.15, 0.2) is 22.7 Å². The minimum atomic E-state index is -0.872. The summed E-state index contributed by atoms with van der Waals surface area (Å²) in [4.78, 5) is 13.6. The van der Waals surface area contributed by atoms with E-state index in [0.29, 0.717) is 22.0 Å². The van der Waals surface area contributed by atoms with Gasteiger partial charge in [-0.25, -0.2) is 4.79 Å². The van der Waals surface area contributed by atoms with Gasteiger partial charge in [-0.05, 0) is 53.7 Å². The van der Waals surface area contributed by atoms with Crippen LogP contribution >= 0.6 is 15.9 Å². The summed E-state index contributed by atoms with van der Waals surface area (Å²) in [6.07, 6.45) is 2.33. The van der Waals surface area contributed by atoms with Crippen LogP contribution in [0, 0.1) is 5.92 Å². The molecule has 3 nitrogen and oxygen atoms in total. The van der Waals surface area contributed by atoms with Crippen LogP contribution in [0.1, 0.15) is 37.0 Å². The molecule has 98 valence electrons. The highest BCUT2D eigenvalue weighted by Crippen LogP contribution is 2.33. The molecular formula is C14H18BrNO2. The number of aromatic carboxylic acids is 1. The molecule has 1 aliphatic rings. The predicted octanol–water partition coefficient (Wildman–Crippen LogP) is 3.77. The molecule has 0 saturated carbocycles. The normalized spacial score (nSPS) is 24.1. The monoisotopic (exact) mass is 311 g/mol. The Kier molecular flexibility index (Phi) is 3.95. The highest BCUT2D eigenvalue weighted by Gasteiger charge is 2.27. The molecule has 1 N–H and O–H groups in total. The lowest BCUT2D eigenvalue weighted by Gasteiger charge is -2.39. The zero-order valence-corrected chi connectivity index (χ0v) is 12.3. The van der Waals surface area contributed by atoms with Crippen LogP contribution in [0.3, 0.4) is 0 Å². The van der Waals surface area contributed by atoms with E-state index in [1.165, 1.54) is 6.42 Å². The van der Waals surface area contributed by atoms with Gasteiger partial charge in [-0.1, -0.05) is 13.0 Å². The highest BCUT2D eigenvalue weighted by atomic mass is 79.9. The fourth-order valence-corrected chi connectivity index (χ4v) is 3.11. The van der Waals surface area contributed by atoms with Crippen molar-refractivity contribution in [1.82, 2.24) is 0 Å². The number of hydrogen-bond donors (Lipinski definition) is 1. The van der Waals surface area contributed by atoms with E-state index in [-0.39, 0.29) is 0 Å². The number of carboxylic acid groups (broad SMARTS) is 1. The number of rotatable bonds is 2. The molecular weight excluding hydrogens is 294 g/mol. The lowest BCUT2D eigenvalue weighted by Crippen LogP contribution is -2.41. The smallest absolute Gasteiger partial charge is 0.338 e. The van der Waals surface area contributed by atoms with Gasteiger partial charge in [0.25, 0.3) is 0 Å². The van der Waals surface area contributed by atoms with E-state index in [9.17, 15) is 9.90 Å². The van der Waals surface area contributed by atoms with Gasteiger partial charge < -0.3 is 10.0 Å². The van der Waals surface area contributed by atoms with Crippen molar-refractivity contribution < 1.29 is 9.90 Å². The topological polar surface area (TPSA) is 40.5 Å². The standard InChI is InChI=1S/C14H18BrNO2/c1-9-6-7-10(2)16(8-9)12-5-3-4-11(15)13(12)14(17)18/h3-5,9-10H,6-8H2,1-2H3,(H,17,18). The Hall–Kier alpha value is -1.03. The van der Waals surface area contributed by atoms with Crippen LogP contribution in [0.5, 0.6) is 0 Å². The van der Waals surface area contributed by atoms with Gasteiger partial charge in [0.2, 0.25) is 0 Å². The van der Waals surface area contributed by atoms with Crippen LogP contribution in [-0.2, 0) is 0 Å². The van der Waals surface area contributed by atoms with Gasteiger partial charge in [0.15, 0.2) is 0 Å². The summed E-state index contributed by atoms with van der Waals surface area (Å²) in [5.74, 6) is -0.260. The molecule has 2 atom stereocenters. The van der Waals surface area contributed by atoms with Crippen LogP contribution in [0.4, 0.5) is 5.69 Å². The van der Waals surface area contributed by atoms with Crippen molar-refractivity contribution in [3.05, 3.63) is 28.2 Å². The molecule has 1 aromatic carbocycles. The Morgan fingerprint density at radius 1 is 1.39 bits per heavy atom. The number of anilines is 1. The molecule has 0 spiro atoms. The summed E-state index contributed by atoms with van der Waals surface area (Å²) in [6, 6.07) is 5.99. The number of hydrogen-bond acceptors (Lipinski definition) is 2. The Morgan fingerprint density at radius 3 is 2.78 bits per heavy atom. The Morgan fingerprint density at radius 2 is 2.11 bits per heavy atom. The lowest BCUT2D eigenvalue weighted by molar-refractivity contribution is 0.0696. The third-order valence-corrected chi connectivity index (χ3v) is 4.29. The Labute approximate surface area is 116 Å². The fourth-order valence-electron chi connectivity index (χ4n) is 2.59. The summed E-state index contributed by atoms with van der Waals surface area (Å²) >= 11 is 3.34. The zero-order chi connectivity index (χ0) is 13.3. The van der Waals surface area contributed by atoms with Crippen LogP contribution in [-0.4, -0.2) is 23.7 Å². The van der Waals surface area contributed by atoms with Gasteiger partial charge in [0.05, 0.1) is 11.3 Å². The molecule has 2 unspecified atom stereocenters. The summed E-state index contributed by atoms with van der Waals surface area (Å²) < 4.78 is 0.651. The molecule has 1 fully saturated rings. The minimum Gasteiger partial charge on any atom is -0.478 e. The molecule has 18 heavy (non-hydrogen) atoms. The third kappa shape index (κ3) is 2.53.